The lowest BCUT2D eigenvalue weighted by Crippen LogP contribution is -2.28. The molecule has 0 aromatic heterocycles. The van der Waals surface area contributed by atoms with Gasteiger partial charge in [0.05, 0.1) is 0 Å². The Bertz CT molecular complexity index is 437. The Kier molecular flexibility index (Phi) is 6.90. The van der Waals surface area contributed by atoms with E-state index < -0.39 is 0 Å². The van der Waals surface area contributed by atoms with Crippen molar-refractivity contribution in [2.45, 2.75) is 53.0 Å². The number of hydrogen-bond acceptors (Lipinski definition) is 2. The van der Waals surface area contributed by atoms with Crippen LogP contribution in [0.4, 0.5) is 0 Å². The Balaban J connectivity index is 2.46. The highest BCUT2D eigenvalue weighted by atomic mass is 16.2. The first-order valence-corrected chi connectivity index (χ1v) is 7.90. The molecule has 0 aliphatic rings. The van der Waals surface area contributed by atoms with E-state index in [1.54, 1.807) is 0 Å². The molecule has 0 atom stereocenters. The number of carbonyl (C=O) groups is 1. The number of hydrogen-bond donors (Lipinski definition) is 1. The van der Waals surface area contributed by atoms with Crippen LogP contribution in [0.3, 0.4) is 0 Å². The quantitative estimate of drug-likeness (QED) is 0.798. The number of amides is 1. The standard InChI is InChI=1S/C18H30N2O/c1-5-15-6-8-16(9-7-15)14-20(4)17(21)10-11-18(2,3)12-13-19/h6-9H,5,10-14,19H2,1-4H3. The number of aryl methyl sites for hydroxylation is 1. The second-order valence-corrected chi connectivity index (χ2v) is 6.62. The van der Waals surface area contributed by atoms with Crippen LogP contribution >= 0.6 is 0 Å². The van der Waals surface area contributed by atoms with Gasteiger partial charge in [-0.2, -0.15) is 0 Å². The highest BCUT2D eigenvalue weighted by Crippen LogP contribution is 2.26. The Morgan fingerprint density at radius 2 is 1.71 bits per heavy atom. The lowest BCUT2D eigenvalue weighted by Gasteiger charge is -2.25. The van der Waals surface area contributed by atoms with Crippen molar-refractivity contribution in [3.63, 3.8) is 0 Å². The number of nitrogens with zero attached hydrogens (tertiary/aromatic N) is 1. The fraction of sp³-hybridized carbons (Fsp3) is 0.611. The van der Waals surface area contributed by atoms with Crippen LogP contribution in [0.15, 0.2) is 24.3 Å². The van der Waals surface area contributed by atoms with Crippen molar-refractivity contribution in [1.82, 2.24) is 4.90 Å². The molecule has 0 aliphatic carbocycles. The smallest absolute Gasteiger partial charge is 0.222 e. The van der Waals surface area contributed by atoms with Gasteiger partial charge in [-0.15, -0.1) is 0 Å². The van der Waals surface area contributed by atoms with Crippen LogP contribution in [0.25, 0.3) is 0 Å². The maximum atomic E-state index is 12.2. The van der Waals surface area contributed by atoms with E-state index in [0.29, 0.717) is 19.5 Å². The largest absolute Gasteiger partial charge is 0.341 e. The summed E-state index contributed by atoms with van der Waals surface area (Å²) in [7, 11) is 1.88. The molecule has 3 heteroatoms. The Morgan fingerprint density at radius 1 is 1.14 bits per heavy atom. The fourth-order valence-electron chi connectivity index (χ4n) is 2.39. The Morgan fingerprint density at radius 3 is 2.24 bits per heavy atom. The van der Waals surface area contributed by atoms with Gasteiger partial charge >= 0.3 is 0 Å². The molecule has 0 aliphatic heterocycles. The van der Waals surface area contributed by atoms with E-state index in [1.165, 1.54) is 11.1 Å². The number of benzene rings is 1. The predicted octanol–water partition coefficient (Wildman–Crippen LogP) is 3.36. The molecule has 0 bridgehead atoms. The van der Waals surface area contributed by atoms with Crippen molar-refractivity contribution in [1.29, 1.82) is 0 Å². The van der Waals surface area contributed by atoms with Crippen LogP contribution in [-0.2, 0) is 17.8 Å². The molecule has 0 heterocycles. The molecule has 0 radical (unpaired) electrons. The molecule has 0 saturated carbocycles. The minimum Gasteiger partial charge on any atom is -0.341 e. The normalized spacial score (nSPS) is 11.5. The maximum absolute atomic E-state index is 12.2. The van der Waals surface area contributed by atoms with Crippen molar-refractivity contribution < 1.29 is 4.79 Å². The molecule has 3 nitrogen and oxygen atoms in total. The van der Waals surface area contributed by atoms with Gasteiger partial charge in [0.15, 0.2) is 0 Å². The molecular formula is C18H30N2O. The zero-order valence-corrected chi connectivity index (χ0v) is 14.0. The van der Waals surface area contributed by atoms with Crippen LogP contribution in [-0.4, -0.2) is 24.4 Å². The van der Waals surface area contributed by atoms with Crippen LogP contribution in [0.2, 0.25) is 0 Å². The highest BCUT2D eigenvalue weighted by Gasteiger charge is 2.19. The summed E-state index contributed by atoms with van der Waals surface area (Å²) in [4.78, 5) is 14.0. The Labute approximate surface area is 129 Å². The lowest BCUT2D eigenvalue weighted by molar-refractivity contribution is -0.131. The molecular weight excluding hydrogens is 260 g/mol. The van der Waals surface area contributed by atoms with Gasteiger partial charge in [-0.3, -0.25) is 4.79 Å². The highest BCUT2D eigenvalue weighted by molar-refractivity contribution is 5.75. The first-order chi connectivity index (χ1) is 9.88. The zero-order valence-electron chi connectivity index (χ0n) is 14.0. The molecule has 1 aromatic rings. The third kappa shape index (κ3) is 6.30. The van der Waals surface area contributed by atoms with Crippen molar-refractivity contribution in [3.05, 3.63) is 35.4 Å². The average Bonchev–Trinajstić information content (AvgIpc) is 2.45. The first kappa shape index (κ1) is 17.7. The van der Waals surface area contributed by atoms with Gasteiger partial charge in [0.25, 0.3) is 0 Å². The third-order valence-electron chi connectivity index (χ3n) is 4.11. The summed E-state index contributed by atoms with van der Waals surface area (Å²) in [6, 6.07) is 8.50. The molecule has 1 aromatic carbocycles. The molecule has 0 saturated heterocycles. The predicted molar refractivity (Wildman–Crippen MR) is 89.0 cm³/mol. The monoisotopic (exact) mass is 290 g/mol. The van der Waals surface area contributed by atoms with Crippen molar-refractivity contribution in [2.24, 2.45) is 11.1 Å². The molecule has 0 spiro atoms. The van der Waals surface area contributed by atoms with E-state index in [-0.39, 0.29) is 11.3 Å². The molecule has 1 rings (SSSR count). The maximum Gasteiger partial charge on any atom is 0.222 e. The number of nitrogens with two attached hydrogens (primary N) is 1. The minimum absolute atomic E-state index is 0.147. The third-order valence-corrected chi connectivity index (χ3v) is 4.11. The van der Waals surface area contributed by atoms with Crippen LogP contribution in [0, 0.1) is 5.41 Å². The number of carbonyl (C=O) groups excluding carboxylic acids is 1. The van der Waals surface area contributed by atoms with E-state index >= 15 is 0 Å². The summed E-state index contributed by atoms with van der Waals surface area (Å²) in [6.45, 7) is 7.86. The molecule has 1 amide bonds. The molecule has 21 heavy (non-hydrogen) atoms. The SMILES string of the molecule is CCc1ccc(CN(C)C(=O)CCC(C)(C)CCN)cc1. The van der Waals surface area contributed by atoms with E-state index in [4.69, 9.17) is 5.73 Å². The van der Waals surface area contributed by atoms with Gasteiger partial charge in [0.2, 0.25) is 5.91 Å². The van der Waals surface area contributed by atoms with Gasteiger partial charge in [0.1, 0.15) is 0 Å². The molecule has 2 N–H and O–H groups in total. The second kappa shape index (κ2) is 8.18. The first-order valence-electron chi connectivity index (χ1n) is 7.90. The molecule has 118 valence electrons. The Hall–Kier alpha value is -1.35. The van der Waals surface area contributed by atoms with E-state index in [1.807, 2.05) is 11.9 Å². The summed E-state index contributed by atoms with van der Waals surface area (Å²) in [5.74, 6) is 0.208. The molecule has 0 unspecified atom stereocenters. The number of rotatable bonds is 8. The van der Waals surface area contributed by atoms with Crippen molar-refractivity contribution in [3.8, 4) is 0 Å². The summed E-state index contributed by atoms with van der Waals surface area (Å²) in [6.07, 6.45) is 3.49. The molecule has 0 fully saturated rings. The van der Waals surface area contributed by atoms with E-state index in [2.05, 4.69) is 45.0 Å². The van der Waals surface area contributed by atoms with E-state index in [0.717, 1.165) is 19.3 Å². The summed E-state index contributed by atoms with van der Waals surface area (Å²) in [5.41, 5.74) is 8.27. The van der Waals surface area contributed by atoms with Crippen molar-refractivity contribution >= 4 is 5.91 Å². The average molecular weight is 290 g/mol. The van der Waals surface area contributed by atoms with E-state index in [9.17, 15) is 4.79 Å². The summed E-state index contributed by atoms with van der Waals surface area (Å²) < 4.78 is 0. The van der Waals surface area contributed by atoms with Gasteiger partial charge < -0.3 is 10.6 Å². The topological polar surface area (TPSA) is 46.3 Å². The minimum atomic E-state index is 0.147. The fourth-order valence-corrected chi connectivity index (χ4v) is 2.39. The van der Waals surface area contributed by atoms with Gasteiger partial charge in [-0.25, -0.2) is 0 Å². The summed E-state index contributed by atoms with van der Waals surface area (Å²) >= 11 is 0. The van der Waals surface area contributed by atoms with Crippen LogP contribution in [0.5, 0.6) is 0 Å². The summed E-state index contributed by atoms with van der Waals surface area (Å²) in [5, 5.41) is 0. The second-order valence-electron chi connectivity index (χ2n) is 6.62. The van der Waals surface area contributed by atoms with Gasteiger partial charge in [0, 0.05) is 20.0 Å². The van der Waals surface area contributed by atoms with Gasteiger partial charge in [-0.1, -0.05) is 45.0 Å². The lowest BCUT2D eigenvalue weighted by atomic mass is 9.84. The zero-order chi connectivity index (χ0) is 15.9. The van der Waals surface area contributed by atoms with Crippen molar-refractivity contribution in [2.75, 3.05) is 13.6 Å². The van der Waals surface area contributed by atoms with Gasteiger partial charge in [-0.05, 0) is 42.3 Å². The van der Waals surface area contributed by atoms with Crippen LogP contribution in [0.1, 0.15) is 51.2 Å². The van der Waals surface area contributed by atoms with Crippen LogP contribution < -0.4 is 5.73 Å².